The molecule has 2 rings (SSSR count). The second-order valence-corrected chi connectivity index (χ2v) is 3.51. The predicted octanol–water partition coefficient (Wildman–Crippen LogP) is 2.99. The topological polar surface area (TPSA) is 57.4 Å². The van der Waals surface area contributed by atoms with Crippen molar-refractivity contribution in [2.45, 2.75) is 6.92 Å². The number of anilines is 1. The summed E-state index contributed by atoms with van der Waals surface area (Å²) < 4.78 is 24.1. The van der Waals surface area contributed by atoms with Crippen LogP contribution in [-0.2, 0) is 0 Å². The van der Waals surface area contributed by atoms with E-state index in [-0.39, 0.29) is 17.3 Å². The van der Waals surface area contributed by atoms with Crippen LogP contribution >= 0.6 is 0 Å². The minimum absolute atomic E-state index is 0.0290. The normalized spacial score (nSPS) is 10.1. The number of nitrogens with two attached hydrogens (primary N) is 1. The van der Waals surface area contributed by atoms with Crippen LogP contribution in [0.1, 0.15) is 6.92 Å². The van der Waals surface area contributed by atoms with Gasteiger partial charge < -0.3 is 15.2 Å². The molecular formula is C13H13FN2O2. The molecule has 0 fully saturated rings. The summed E-state index contributed by atoms with van der Waals surface area (Å²) in [5.74, 6) is 0.0972. The van der Waals surface area contributed by atoms with Crippen molar-refractivity contribution in [1.82, 2.24) is 4.98 Å². The van der Waals surface area contributed by atoms with Gasteiger partial charge in [0.15, 0.2) is 11.6 Å². The lowest BCUT2D eigenvalue weighted by Gasteiger charge is -2.09. The Morgan fingerprint density at radius 2 is 1.89 bits per heavy atom. The van der Waals surface area contributed by atoms with Gasteiger partial charge in [0.05, 0.1) is 12.3 Å². The zero-order valence-corrected chi connectivity index (χ0v) is 9.89. The molecule has 0 aliphatic rings. The van der Waals surface area contributed by atoms with Crippen LogP contribution in [0.3, 0.4) is 0 Å². The molecule has 2 N–H and O–H groups in total. The van der Waals surface area contributed by atoms with Gasteiger partial charge >= 0.3 is 0 Å². The van der Waals surface area contributed by atoms with Crippen LogP contribution in [0.5, 0.6) is 17.5 Å². The molecule has 0 amide bonds. The first-order chi connectivity index (χ1) is 8.70. The first kappa shape index (κ1) is 12.2. The van der Waals surface area contributed by atoms with E-state index in [0.29, 0.717) is 12.5 Å². The summed E-state index contributed by atoms with van der Waals surface area (Å²) in [4.78, 5) is 4.07. The fraction of sp³-hybridized carbons (Fsp3) is 0.154. The van der Waals surface area contributed by atoms with Gasteiger partial charge in [-0.05, 0) is 19.1 Å². The Bertz CT molecular complexity index is 526. The SMILES string of the molecule is CCOc1cccc(Oc2c(N)cccc2F)n1. The van der Waals surface area contributed by atoms with E-state index >= 15 is 0 Å². The van der Waals surface area contributed by atoms with E-state index in [9.17, 15) is 4.39 Å². The number of hydrogen-bond acceptors (Lipinski definition) is 4. The summed E-state index contributed by atoms with van der Waals surface area (Å²) in [6, 6.07) is 9.37. The summed E-state index contributed by atoms with van der Waals surface area (Å²) in [7, 11) is 0. The summed E-state index contributed by atoms with van der Waals surface area (Å²) >= 11 is 0. The van der Waals surface area contributed by atoms with Gasteiger partial charge in [-0.25, -0.2) is 4.39 Å². The Kier molecular flexibility index (Phi) is 3.62. The van der Waals surface area contributed by atoms with Crippen molar-refractivity contribution in [1.29, 1.82) is 0 Å². The van der Waals surface area contributed by atoms with Gasteiger partial charge in [0.2, 0.25) is 11.8 Å². The van der Waals surface area contributed by atoms with Crippen LogP contribution < -0.4 is 15.2 Å². The molecule has 0 atom stereocenters. The lowest BCUT2D eigenvalue weighted by Crippen LogP contribution is -1.98. The number of aromatic nitrogens is 1. The van der Waals surface area contributed by atoms with Gasteiger partial charge in [-0.2, -0.15) is 4.98 Å². The molecule has 4 nitrogen and oxygen atoms in total. The summed E-state index contributed by atoms with van der Waals surface area (Å²) in [6.07, 6.45) is 0. The standard InChI is InChI=1S/C13H13FN2O2/c1-2-17-11-7-4-8-12(16-11)18-13-9(14)5-3-6-10(13)15/h3-8H,2,15H2,1H3. The number of nitrogens with zero attached hydrogens (tertiary/aromatic N) is 1. The largest absolute Gasteiger partial charge is 0.478 e. The molecule has 0 aliphatic carbocycles. The van der Waals surface area contributed by atoms with E-state index in [0.717, 1.165) is 0 Å². The Hall–Kier alpha value is -2.30. The van der Waals surface area contributed by atoms with Gasteiger partial charge in [0.1, 0.15) is 0 Å². The van der Waals surface area contributed by atoms with Crippen molar-refractivity contribution in [2.75, 3.05) is 12.3 Å². The zero-order valence-electron chi connectivity index (χ0n) is 9.89. The molecule has 94 valence electrons. The molecule has 0 spiro atoms. The molecule has 2 aromatic rings. The van der Waals surface area contributed by atoms with E-state index in [1.807, 2.05) is 6.92 Å². The van der Waals surface area contributed by atoms with Gasteiger partial charge in [-0.15, -0.1) is 0 Å². The molecule has 1 aromatic heterocycles. The first-order valence-corrected chi connectivity index (χ1v) is 5.52. The quantitative estimate of drug-likeness (QED) is 0.845. The van der Waals surface area contributed by atoms with Crippen LogP contribution in [0.4, 0.5) is 10.1 Å². The van der Waals surface area contributed by atoms with Gasteiger partial charge in [0.25, 0.3) is 0 Å². The third-order valence-electron chi connectivity index (χ3n) is 2.19. The summed E-state index contributed by atoms with van der Waals surface area (Å²) in [6.45, 7) is 2.35. The number of halogens is 1. The Morgan fingerprint density at radius 1 is 1.17 bits per heavy atom. The molecule has 1 heterocycles. The molecule has 18 heavy (non-hydrogen) atoms. The summed E-state index contributed by atoms with van der Waals surface area (Å²) in [5.41, 5.74) is 5.86. The Labute approximate surface area is 104 Å². The molecule has 0 saturated carbocycles. The molecule has 5 heteroatoms. The minimum Gasteiger partial charge on any atom is -0.478 e. The van der Waals surface area contributed by atoms with Crippen LogP contribution in [-0.4, -0.2) is 11.6 Å². The number of ether oxygens (including phenoxy) is 2. The summed E-state index contributed by atoms with van der Waals surface area (Å²) in [5, 5.41) is 0. The fourth-order valence-electron chi connectivity index (χ4n) is 1.42. The average molecular weight is 248 g/mol. The van der Waals surface area contributed by atoms with Crippen molar-refractivity contribution in [3.63, 3.8) is 0 Å². The number of rotatable bonds is 4. The molecular weight excluding hydrogens is 235 g/mol. The number of pyridine rings is 1. The maximum atomic E-state index is 13.5. The maximum Gasteiger partial charge on any atom is 0.222 e. The second-order valence-electron chi connectivity index (χ2n) is 3.51. The highest BCUT2D eigenvalue weighted by Crippen LogP contribution is 2.29. The molecule has 0 aliphatic heterocycles. The van der Waals surface area contributed by atoms with Crippen LogP contribution in [0.15, 0.2) is 36.4 Å². The number of benzene rings is 1. The second kappa shape index (κ2) is 5.35. The van der Waals surface area contributed by atoms with E-state index in [4.69, 9.17) is 15.2 Å². The Balaban J connectivity index is 2.26. The van der Waals surface area contributed by atoms with E-state index in [2.05, 4.69) is 4.98 Å². The van der Waals surface area contributed by atoms with Crippen molar-refractivity contribution in [2.24, 2.45) is 0 Å². The highest BCUT2D eigenvalue weighted by atomic mass is 19.1. The smallest absolute Gasteiger partial charge is 0.222 e. The number of para-hydroxylation sites is 1. The minimum atomic E-state index is -0.529. The molecule has 0 unspecified atom stereocenters. The monoisotopic (exact) mass is 248 g/mol. The highest BCUT2D eigenvalue weighted by Gasteiger charge is 2.09. The van der Waals surface area contributed by atoms with Crippen molar-refractivity contribution in [3.8, 4) is 17.5 Å². The molecule has 0 radical (unpaired) electrons. The van der Waals surface area contributed by atoms with E-state index in [1.165, 1.54) is 12.1 Å². The third kappa shape index (κ3) is 2.68. The predicted molar refractivity (Wildman–Crippen MR) is 66.3 cm³/mol. The highest BCUT2D eigenvalue weighted by molar-refractivity contribution is 5.54. The van der Waals surface area contributed by atoms with Gasteiger partial charge in [-0.3, -0.25) is 0 Å². The van der Waals surface area contributed by atoms with Crippen molar-refractivity contribution in [3.05, 3.63) is 42.2 Å². The van der Waals surface area contributed by atoms with Gasteiger partial charge in [-0.1, -0.05) is 12.1 Å². The molecule has 0 saturated heterocycles. The third-order valence-corrected chi connectivity index (χ3v) is 2.19. The van der Waals surface area contributed by atoms with E-state index in [1.54, 1.807) is 24.3 Å². The van der Waals surface area contributed by atoms with E-state index < -0.39 is 5.82 Å². The van der Waals surface area contributed by atoms with Crippen LogP contribution in [0, 0.1) is 5.82 Å². The number of hydrogen-bond donors (Lipinski definition) is 1. The first-order valence-electron chi connectivity index (χ1n) is 5.52. The van der Waals surface area contributed by atoms with Crippen LogP contribution in [0.25, 0.3) is 0 Å². The fourth-order valence-corrected chi connectivity index (χ4v) is 1.42. The van der Waals surface area contributed by atoms with Crippen molar-refractivity contribution < 1.29 is 13.9 Å². The molecule has 0 bridgehead atoms. The van der Waals surface area contributed by atoms with Crippen molar-refractivity contribution >= 4 is 5.69 Å². The number of nitrogen functional groups attached to an aromatic ring is 1. The van der Waals surface area contributed by atoms with Gasteiger partial charge in [0, 0.05) is 12.1 Å². The Morgan fingerprint density at radius 3 is 2.61 bits per heavy atom. The lowest BCUT2D eigenvalue weighted by molar-refractivity contribution is 0.320. The van der Waals surface area contributed by atoms with Crippen LogP contribution in [0.2, 0.25) is 0 Å². The maximum absolute atomic E-state index is 13.5. The molecule has 1 aromatic carbocycles. The lowest BCUT2D eigenvalue weighted by atomic mass is 10.3. The average Bonchev–Trinajstić information content (AvgIpc) is 2.35. The zero-order chi connectivity index (χ0) is 13.0.